The first-order valence-electron chi connectivity index (χ1n) is 15.0. The van der Waals surface area contributed by atoms with Crippen LogP contribution in [0.4, 0.5) is 11.4 Å². The highest BCUT2D eigenvalue weighted by molar-refractivity contribution is 7.88. The van der Waals surface area contributed by atoms with E-state index in [1.807, 2.05) is 79.5 Å². The molecule has 1 aliphatic rings. The Bertz CT molecular complexity index is 1550. The summed E-state index contributed by atoms with van der Waals surface area (Å²) in [6.45, 7) is 7.47. The summed E-state index contributed by atoms with van der Waals surface area (Å²) in [4.78, 5) is 17.9. The maximum absolute atomic E-state index is 13.8. The highest BCUT2D eigenvalue weighted by atomic mass is 35.5. The first-order chi connectivity index (χ1) is 20.8. The molecule has 3 aromatic carbocycles. The van der Waals surface area contributed by atoms with E-state index in [0.717, 1.165) is 47.5 Å². The Morgan fingerprint density at radius 2 is 1.68 bits per heavy atom. The third kappa shape index (κ3) is 7.86. The summed E-state index contributed by atoms with van der Waals surface area (Å²) in [5.41, 5.74) is 4.64. The molecule has 0 fully saturated rings. The van der Waals surface area contributed by atoms with E-state index < -0.39 is 10.0 Å². The lowest BCUT2D eigenvalue weighted by Crippen LogP contribution is -2.41. The van der Waals surface area contributed by atoms with Gasteiger partial charge in [-0.1, -0.05) is 37.6 Å². The van der Waals surface area contributed by atoms with Crippen molar-refractivity contribution < 1.29 is 22.7 Å². The van der Waals surface area contributed by atoms with Gasteiger partial charge < -0.3 is 19.3 Å². The summed E-state index contributed by atoms with van der Waals surface area (Å²) in [7, 11) is 2.06. The number of anilines is 2. The molecule has 0 spiro atoms. The molecule has 1 heterocycles. The SMILES string of the molecule is CCC(C)Oc1cc2c(cc1OC)CC(=O)N(c1ccc(N(C)CC(C)CCN(C)S(C)(=O)=O)cc1)C2c1ccc(Cl)cc1. The monoisotopic (exact) mass is 641 g/mol. The maximum atomic E-state index is 13.8. The molecule has 0 aromatic heterocycles. The summed E-state index contributed by atoms with van der Waals surface area (Å²) in [6.07, 6.45) is 3.07. The Balaban J connectivity index is 1.64. The number of ether oxygens (including phenoxy) is 2. The molecule has 3 atom stereocenters. The summed E-state index contributed by atoms with van der Waals surface area (Å²) in [5.74, 6) is 1.54. The van der Waals surface area contributed by atoms with Gasteiger partial charge in [-0.2, -0.15) is 0 Å². The van der Waals surface area contributed by atoms with E-state index in [-0.39, 0.29) is 30.4 Å². The molecule has 238 valence electrons. The summed E-state index contributed by atoms with van der Waals surface area (Å²) in [6, 6.07) is 19.2. The van der Waals surface area contributed by atoms with E-state index in [4.69, 9.17) is 21.1 Å². The number of amides is 1. The van der Waals surface area contributed by atoms with Crippen molar-refractivity contribution >= 4 is 38.9 Å². The summed E-state index contributed by atoms with van der Waals surface area (Å²) < 4.78 is 36.8. The standard InChI is InChI=1S/C34H44ClN3O5S/c1-8-24(3)43-32-21-30-26(19-31(32)42-6)20-33(39)38(34(30)25-9-11-27(35)12-10-25)29-15-13-28(14-16-29)36(4)22-23(2)17-18-37(5)44(7,40)41/h9-16,19,21,23-24,34H,8,17-18,20,22H2,1-7H3. The zero-order valence-corrected chi connectivity index (χ0v) is 28.3. The Kier molecular flexibility index (Phi) is 10.9. The molecule has 0 radical (unpaired) electrons. The molecule has 44 heavy (non-hydrogen) atoms. The Morgan fingerprint density at radius 3 is 2.27 bits per heavy atom. The lowest BCUT2D eigenvalue weighted by molar-refractivity contribution is -0.118. The number of nitrogens with zero attached hydrogens (tertiary/aromatic N) is 3. The van der Waals surface area contributed by atoms with Crippen LogP contribution in [0.15, 0.2) is 60.7 Å². The van der Waals surface area contributed by atoms with Gasteiger partial charge in [0.15, 0.2) is 11.5 Å². The van der Waals surface area contributed by atoms with Crippen molar-refractivity contribution in [2.45, 2.75) is 52.2 Å². The fourth-order valence-electron chi connectivity index (χ4n) is 5.47. The van der Waals surface area contributed by atoms with Gasteiger partial charge in [-0.3, -0.25) is 4.79 Å². The van der Waals surface area contributed by atoms with E-state index in [1.54, 1.807) is 14.2 Å². The van der Waals surface area contributed by atoms with Gasteiger partial charge in [-0.25, -0.2) is 12.7 Å². The Hall–Kier alpha value is -3.27. The van der Waals surface area contributed by atoms with Crippen LogP contribution in [-0.2, 0) is 21.2 Å². The van der Waals surface area contributed by atoms with Crippen LogP contribution in [0, 0.1) is 5.92 Å². The Labute approximate surface area is 267 Å². The van der Waals surface area contributed by atoms with Crippen LogP contribution in [0.25, 0.3) is 0 Å². The fraction of sp³-hybridized carbons (Fsp3) is 0.441. The largest absolute Gasteiger partial charge is 0.493 e. The summed E-state index contributed by atoms with van der Waals surface area (Å²) >= 11 is 6.26. The van der Waals surface area contributed by atoms with Crippen LogP contribution < -0.4 is 19.3 Å². The lowest BCUT2D eigenvalue weighted by atomic mass is 9.86. The van der Waals surface area contributed by atoms with E-state index >= 15 is 0 Å². The minimum atomic E-state index is -3.19. The van der Waals surface area contributed by atoms with Crippen LogP contribution in [0.1, 0.15) is 56.3 Å². The Morgan fingerprint density at radius 1 is 1.02 bits per heavy atom. The van der Waals surface area contributed by atoms with Gasteiger partial charge in [0.25, 0.3) is 0 Å². The minimum absolute atomic E-state index is 0.00472. The van der Waals surface area contributed by atoms with E-state index in [9.17, 15) is 13.2 Å². The van der Waals surface area contributed by atoms with Crippen molar-refractivity contribution in [1.82, 2.24) is 4.31 Å². The van der Waals surface area contributed by atoms with E-state index in [0.29, 0.717) is 23.1 Å². The van der Waals surface area contributed by atoms with Gasteiger partial charge in [0.1, 0.15) is 0 Å². The lowest BCUT2D eigenvalue weighted by Gasteiger charge is -2.38. The zero-order valence-electron chi connectivity index (χ0n) is 26.7. The third-order valence-electron chi connectivity index (χ3n) is 8.33. The number of hydrogen-bond donors (Lipinski definition) is 0. The highest BCUT2D eigenvalue weighted by Crippen LogP contribution is 2.44. The molecule has 8 nitrogen and oxygen atoms in total. The second-order valence-electron chi connectivity index (χ2n) is 11.8. The molecular formula is C34H44ClN3O5S. The number of carbonyl (C=O) groups excluding carboxylic acids is 1. The molecule has 0 aliphatic carbocycles. The van der Waals surface area contributed by atoms with Crippen molar-refractivity contribution in [3.8, 4) is 11.5 Å². The molecular weight excluding hydrogens is 598 g/mol. The molecule has 1 amide bonds. The van der Waals surface area contributed by atoms with Crippen LogP contribution in [0.2, 0.25) is 5.02 Å². The van der Waals surface area contributed by atoms with E-state index in [1.165, 1.54) is 10.6 Å². The maximum Gasteiger partial charge on any atom is 0.232 e. The summed E-state index contributed by atoms with van der Waals surface area (Å²) in [5, 5.41) is 0.628. The minimum Gasteiger partial charge on any atom is -0.493 e. The number of rotatable bonds is 13. The fourth-order valence-corrected chi connectivity index (χ4v) is 6.04. The topological polar surface area (TPSA) is 79.4 Å². The van der Waals surface area contributed by atoms with Crippen LogP contribution >= 0.6 is 11.6 Å². The van der Waals surface area contributed by atoms with Gasteiger partial charge >= 0.3 is 0 Å². The molecule has 1 aliphatic heterocycles. The zero-order chi connectivity index (χ0) is 32.2. The van der Waals surface area contributed by atoms with Crippen molar-refractivity contribution in [2.24, 2.45) is 5.92 Å². The highest BCUT2D eigenvalue weighted by Gasteiger charge is 2.36. The number of hydrogen-bond acceptors (Lipinski definition) is 6. The quantitative estimate of drug-likeness (QED) is 0.210. The molecule has 3 aromatic rings. The molecule has 0 bridgehead atoms. The average Bonchev–Trinajstić information content (AvgIpc) is 2.99. The van der Waals surface area contributed by atoms with Crippen molar-refractivity contribution in [3.05, 3.63) is 82.4 Å². The number of methoxy groups -OCH3 is 1. The molecule has 10 heteroatoms. The first kappa shape index (κ1) is 33.6. The smallest absolute Gasteiger partial charge is 0.232 e. The molecule has 4 rings (SSSR count). The van der Waals surface area contributed by atoms with Crippen molar-refractivity contribution in [3.63, 3.8) is 0 Å². The number of sulfonamides is 1. The van der Waals surface area contributed by atoms with Crippen LogP contribution in [0.5, 0.6) is 11.5 Å². The van der Waals surface area contributed by atoms with Gasteiger partial charge in [0, 0.05) is 43.6 Å². The average molecular weight is 642 g/mol. The predicted octanol–water partition coefficient (Wildman–Crippen LogP) is 6.56. The van der Waals surface area contributed by atoms with Crippen molar-refractivity contribution in [2.75, 3.05) is 50.4 Å². The molecule has 3 unspecified atom stereocenters. The van der Waals surface area contributed by atoms with Gasteiger partial charge in [-0.15, -0.1) is 0 Å². The van der Waals surface area contributed by atoms with Gasteiger partial charge in [-0.05, 0) is 90.9 Å². The number of fused-ring (bicyclic) bond motifs is 1. The third-order valence-corrected chi connectivity index (χ3v) is 9.90. The predicted molar refractivity (Wildman–Crippen MR) is 179 cm³/mol. The first-order valence-corrected chi connectivity index (χ1v) is 17.2. The number of carbonyl (C=O) groups is 1. The van der Waals surface area contributed by atoms with E-state index in [2.05, 4.69) is 18.7 Å². The number of halogens is 1. The molecule has 0 saturated carbocycles. The van der Waals surface area contributed by atoms with Crippen molar-refractivity contribution in [1.29, 1.82) is 0 Å². The van der Waals surface area contributed by atoms with Gasteiger partial charge in [0.05, 0.1) is 31.9 Å². The normalized spacial score (nSPS) is 16.4. The van der Waals surface area contributed by atoms with Crippen LogP contribution in [-0.4, -0.2) is 65.3 Å². The second-order valence-corrected chi connectivity index (χ2v) is 14.3. The molecule has 0 saturated heterocycles. The van der Waals surface area contributed by atoms with Crippen LogP contribution in [0.3, 0.4) is 0 Å². The number of benzene rings is 3. The second kappa shape index (κ2) is 14.2. The molecule has 0 N–H and O–H groups in total. The van der Waals surface area contributed by atoms with Gasteiger partial charge in [0.2, 0.25) is 15.9 Å².